The Hall–Kier alpha value is -1.06. The highest BCUT2D eigenvalue weighted by molar-refractivity contribution is 14.0. The molecule has 0 saturated carbocycles. The van der Waals surface area contributed by atoms with E-state index in [0.717, 1.165) is 19.4 Å². The monoisotopic (exact) mass is 456 g/mol. The lowest BCUT2D eigenvalue weighted by Gasteiger charge is -2.25. The molecule has 0 aliphatic heterocycles. The molecule has 0 saturated heterocycles. The largest absolute Gasteiger partial charge is 0.469 e. The van der Waals surface area contributed by atoms with Crippen LogP contribution in [0.4, 0.5) is 0 Å². The molecule has 1 amide bonds. The minimum Gasteiger partial charge on any atom is -0.469 e. The third kappa shape index (κ3) is 10.7. The normalized spacial score (nSPS) is 10.6. The maximum Gasteiger partial charge on any atom is 0.305 e. The van der Waals surface area contributed by atoms with Crippen molar-refractivity contribution < 1.29 is 14.3 Å². The van der Waals surface area contributed by atoms with Crippen LogP contribution in [0.1, 0.15) is 40.0 Å². The van der Waals surface area contributed by atoms with Crippen molar-refractivity contribution in [1.82, 2.24) is 15.1 Å². The average Bonchev–Trinajstić information content (AvgIpc) is 2.54. The topological polar surface area (TPSA) is 74.2 Å². The molecule has 0 aromatic rings. The van der Waals surface area contributed by atoms with E-state index in [1.165, 1.54) is 7.11 Å². The first kappa shape index (κ1) is 25.2. The number of hydrogen-bond acceptors (Lipinski definition) is 4. The molecule has 0 aliphatic carbocycles. The Bertz CT molecular complexity index is 388. The van der Waals surface area contributed by atoms with E-state index >= 15 is 0 Å². The van der Waals surface area contributed by atoms with Gasteiger partial charge in [-0.05, 0) is 33.6 Å². The van der Waals surface area contributed by atoms with Crippen LogP contribution in [0.25, 0.3) is 0 Å². The van der Waals surface area contributed by atoms with Crippen molar-refractivity contribution in [1.29, 1.82) is 0 Å². The quantitative estimate of drug-likeness (QED) is 0.178. The number of likely N-dealkylation sites (N-methyl/N-ethyl adjacent to an activating group) is 2. The summed E-state index contributed by atoms with van der Waals surface area (Å²) in [6.45, 7) is 9.02. The van der Waals surface area contributed by atoms with Crippen LogP contribution in [0.3, 0.4) is 0 Å². The number of amides is 1. The van der Waals surface area contributed by atoms with Crippen molar-refractivity contribution in [2.45, 2.75) is 40.0 Å². The third-order valence-electron chi connectivity index (χ3n) is 3.46. The zero-order chi connectivity index (χ0) is 17.7. The molecule has 0 atom stereocenters. The Morgan fingerprint density at radius 3 is 2.25 bits per heavy atom. The van der Waals surface area contributed by atoms with Gasteiger partial charge in [0, 0.05) is 39.6 Å². The van der Waals surface area contributed by atoms with Crippen LogP contribution in [0.2, 0.25) is 0 Å². The minimum absolute atomic E-state index is 0. The summed E-state index contributed by atoms with van der Waals surface area (Å²) >= 11 is 0. The molecule has 1 N–H and O–H groups in total. The predicted octanol–water partition coefficient (Wildman–Crippen LogP) is 1.71. The number of aliphatic imine (C=N–C) groups is 1. The highest BCUT2D eigenvalue weighted by Gasteiger charge is 2.14. The first-order chi connectivity index (χ1) is 11.0. The van der Waals surface area contributed by atoms with Crippen LogP contribution in [0, 0.1) is 0 Å². The number of guanidine groups is 1. The number of hydrogen-bond donors (Lipinski definition) is 1. The van der Waals surface area contributed by atoms with Gasteiger partial charge in [0.05, 0.1) is 13.7 Å². The van der Waals surface area contributed by atoms with Crippen LogP contribution < -0.4 is 5.32 Å². The molecule has 0 aromatic carbocycles. The Morgan fingerprint density at radius 1 is 1.12 bits per heavy atom. The van der Waals surface area contributed by atoms with E-state index in [2.05, 4.69) is 15.0 Å². The zero-order valence-electron chi connectivity index (χ0n) is 15.6. The standard InChI is InChI=1S/C16H32N4O3.HI/c1-6-17-16(18-12-10-9-11-15(22)23-5)19(4)13-14(21)20(7-2)8-3;/h6-13H2,1-5H3,(H,17,18);1H. The fraction of sp³-hybridized carbons (Fsp3) is 0.812. The molecule has 0 fully saturated rings. The number of unbranched alkanes of at least 4 members (excludes halogenated alkanes) is 1. The molecule has 142 valence electrons. The van der Waals surface area contributed by atoms with E-state index in [1.807, 2.05) is 32.7 Å². The Kier molecular flexibility index (Phi) is 16.2. The molecule has 8 heteroatoms. The number of carbonyl (C=O) groups is 2. The van der Waals surface area contributed by atoms with Gasteiger partial charge in [-0.25, -0.2) is 0 Å². The van der Waals surface area contributed by atoms with Crippen molar-refractivity contribution in [3.63, 3.8) is 0 Å². The van der Waals surface area contributed by atoms with E-state index in [1.54, 1.807) is 4.90 Å². The van der Waals surface area contributed by atoms with E-state index in [9.17, 15) is 9.59 Å². The molecule has 24 heavy (non-hydrogen) atoms. The fourth-order valence-corrected chi connectivity index (χ4v) is 2.09. The lowest BCUT2D eigenvalue weighted by atomic mass is 10.2. The summed E-state index contributed by atoms with van der Waals surface area (Å²) in [6.07, 6.45) is 1.97. The fourth-order valence-electron chi connectivity index (χ4n) is 2.09. The maximum atomic E-state index is 12.2. The molecule has 7 nitrogen and oxygen atoms in total. The van der Waals surface area contributed by atoms with E-state index < -0.39 is 0 Å². The van der Waals surface area contributed by atoms with Gasteiger partial charge in [0.2, 0.25) is 5.91 Å². The van der Waals surface area contributed by atoms with Gasteiger partial charge in [-0.2, -0.15) is 0 Å². The Balaban J connectivity index is 0. The first-order valence-electron chi connectivity index (χ1n) is 8.34. The van der Waals surface area contributed by atoms with E-state index in [-0.39, 0.29) is 35.9 Å². The second-order valence-corrected chi connectivity index (χ2v) is 5.19. The van der Waals surface area contributed by atoms with Gasteiger partial charge < -0.3 is 19.9 Å². The predicted molar refractivity (Wildman–Crippen MR) is 108 cm³/mol. The van der Waals surface area contributed by atoms with Crippen LogP contribution in [-0.4, -0.2) is 74.5 Å². The smallest absolute Gasteiger partial charge is 0.305 e. The van der Waals surface area contributed by atoms with E-state index in [0.29, 0.717) is 38.6 Å². The maximum absolute atomic E-state index is 12.2. The van der Waals surface area contributed by atoms with Crippen LogP contribution in [-0.2, 0) is 14.3 Å². The third-order valence-corrected chi connectivity index (χ3v) is 3.46. The van der Waals surface area contributed by atoms with Gasteiger partial charge in [-0.3, -0.25) is 14.6 Å². The number of carbonyl (C=O) groups excluding carboxylic acids is 2. The van der Waals surface area contributed by atoms with E-state index in [4.69, 9.17) is 0 Å². The van der Waals surface area contributed by atoms with Gasteiger partial charge in [0.25, 0.3) is 0 Å². The molecular weight excluding hydrogens is 423 g/mol. The number of ether oxygens (including phenoxy) is 1. The molecule has 0 heterocycles. The molecule has 0 aromatic heterocycles. The summed E-state index contributed by atoms with van der Waals surface area (Å²) < 4.78 is 4.60. The van der Waals surface area contributed by atoms with Gasteiger partial charge >= 0.3 is 5.97 Å². The van der Waals surface area contributed by atoms with Gasteiger partial charge in [0.1, 0.15) is 0 Å². The lowest BCUT2D eigenvalue weighted by Crippen LogP contribution is -2.45. The molecule has 0 unspecified atom stereocenters. The average molecular weight is 456 g/mol. The number of halogens is 1. The van der Waals surface area contributed by atoms with Crippen molar-refractivity contribution in [3.05, 3.63) is 0 Å². The summed E-state index contributed by atoms with van der Waals surface area (Å²) in [6, 6.07) is 0. The van der Waals surface area contributed by atoms with Gasteiger partial charge in [-0.1, -0.05) is 0 Å². The summed E-state index contributed by atoms with van der Waals surface area (Å²) in [4.78, 5) is 31.3. The number of nitrogens with one attached hydrogen (secondary N) is 1. The number of methoxy groups -OCH3 is 1. The summed E-state index contributed by atoms with van der Waals surface area (Å²) in [7, 11) is 3.25. The molecule has 0 aliphatic rings. The minimum atomic E-state index is -0.192. The highest BCUT2D eigenvalue weighted by atomic mass is 127. The summed E-state index contributed by atoms with van der Waals surface area (Å²) in [5, 5.41) is 3.19. The number of esters is 1. The van der Waals surface area contributed by atoms with Crippen molar-refractivity contribution in [3.8, 4) is 0 Å². The number of rotatable bonds is 10. The molecular formula is C16H33IN4O3. The van der Waals surface area contributed by atoms with Crippen LogP contribution >= 0.6 is 24.0 Å². The van der Waals surface area contributed by atoms with Crippen molar-refractivity contribution >= 4 is 41.8 Å². The van der Waals surface area contributed by atoms with Gasteiger partial charge in [-0.15, -0.1) is 24.0 Å². The van der Waals surface area contributed by atoms with Crippen LogP contribution in [0.5, 0.6) is 0 Å². The molecule has 0 bridgehead atoms. The number of nitrogens with zero attached hydrogens (tertiary/aromatic N) is 3. The zero-order valence-corrected chi connectivity index (χ0v) is 18.0. The Morgan fingerprint density at radius 2 is 1.75 bits per heavy atom. The second-order valence-electron chi connectivity index (χ2n) is 5.19. The van der Waals surface area contributed by atoms with Crippen molar-refractivity contribution in [2.24, 2.45) is 4.99 Å². The first-order valence-corrected chi connectivity index (χ1v) is 8.34. The highest BCUT2D eigenvalue weighted by Crippen LogP contribution is 1.99. The summed E-state index contributed by atoms with van der Waals surface area (Å²) in [5.41, 5.74) is 0. The summed E-state index contributed by atoms with van der Waals surface area (Å²) in [5.74, 6) is 0.614. The van der Waals surface area contributed by atoms with Gasteiger partial charge in [0.15, 0.2) is 5.96 Å². The van der Waals surface area contributed by atoms with Crippen LogP contribution in [0.15, 0.2) is 4.99 Å². The second kappa shape index (κ2) is 15.5. The SMILES string of the molecule is CCNC(=NCCCCC(=O)OC)N(C)CC(=O)N(CC)CC.I. The molecule has 0 rings (SSSR count). The molecule has 0 radical (unpaired) electrons. The molecule has 0 spiro atoms. The lowest BCUT2D eigenvalue weighted by molar-refractivity contribution is -0.140. The Labute approximate surface area is 163 Å². The van der Waals surface area contributed by atoms with Crippen molar-refractivity contribution in [2.75, 3.05) is 46.9 Å².